The largest absolute Gasteiger partial charge is 0.460 e. The van der Waals surface area contributed by atoms with E-state index in [0.717, 1.165) is 24.3 Å². The van der Waals surface area contributed by atoms with Gasteiger partial charge in [0, 0.05) is 0 Å². The van der Waals surface area contributed by atoms with Gasteiger partial charge in [-0.05, 0) is 80.4 Å². The lowest BCUT2D eigenvalue weighted by Crippen LogP contribution is -2.50. The number of nitrogens with zero attached hydrogens (tertiary/aromatic N) is 2. The van der Waals surface area contributed by atoms with Crippen LogP contribution in [0.25, 0.3) is 46.4 Å². The van der Waals surface area contributed by atoms with E-state index in [1.54, 1.807) is 0 Å². The van der Waals surface area contributed by atoms with E-state index < -0.39 is 85.5 Å². The van der Waals surface area contributed by atoms with Crippen LogP contribution in [-0.2, 0) is 11.8 Å². The molecule has 20 heteroatoms. The number of alkyl halides is 14. The van der Waals surface area contributed by atoms with Crippen molar-refractivity contribution in [1.29, 1.82) is 0 Å². The number of fused-ring (bicyclic) bond motifs is 8. The molecule has 0 amide bonds. The van der Waals surface area contributed by atoms with Crippen LogP contribution in [-0.4, -0.2) is 44.1 Å². The Morgan fingerprint density at radius 2 is 0.739 bits per heavy atom. The molecule has 0 saturated carbocycles. The van der Waals surface area contributed by atoms with E-state index in [1.165, 1.54) is 0 Å². The topological polar surface area (TPSA) is 57.4 Å². The van der Waals surface area contributed by atoms with Gasteiger partial charge >= 0.3 is 36.0 Å². The molecule has 0 atom stereocenters. The van der Waals surface area contributed by atoms with E-state index in [2.05, 4.69) is 51.8 Å². The van der Waals surface area contributed by atoms with Gasteiger partial charge in [0.15, 0.2) is 0 Å². The van der Waals surface area contributed by atoms with Crippen LogP contribution in [0.2, 0.25) is 0 Å². The molecule has 5 rings (SSSR count). The van der Waals surface area contributed by atoms with E-state index >= 15 is 17.6 Å². The molecule has 0 radical (unpaired) electrons. The van der Waals surface area contributed by atoms with Crippen molar-refractivity contribution in [3.63, 3.8) is 0 Å². The summed E-state index contributed by atoms with van der Waals surface area (Å²) in [7, 11) is 0. The summed E-state index contributed by atoms with van der Waals surface area (Å²) in [4.78, 5) is 11.8. The van der Waals surface area contributed by atoms with Gasteiger partial charge in [-0.2, -0.15) is 61.5 Å². The zero-order valence-corrected chi connectivity index (χ0v) is 24.7. The summed E-state index contributed by atoms with van der Waals surface area (Å²) in [6.07, 6.45) is -10.5. The standard InChI is InChI=1S/C26H10Br2F14N4/c27-19-13-5-1-9(43-13)17(21(29,30)23(33,34)25(37,38)39)10-2-6-15(44-10)20(28)16-8-4-12(46-16)18(11-3-7-14(19)45-11)22(31,32)24(35,36)26(40,41)42/h1-8,43,45H. The number of aromatic amines is 2. The smallest absolute Gasteiger partial charge is 0.354 e. The van der Waals surface area contributed by atoms with Crippen LogP contribution in [0.3, 0.4) is 0 Å². The minimum Gasteiger partial charge on any atom is -0.354 e. The van der Waals surface area contributed by atoms with E-state index in [-0.39, 0.29) is 15.5 Å². The number of rotatable bonds is 4. The highest BCUT2D eigenvalue weighted by Gasteiger charge is 2.75. The third-order valence-corrected chi connectivity index (χ3v) is 8.42. The summed E-state index contributed by atoms with van der Waals surface area (Å²) in [5.74, 6) is -25.1. The second kappa shape index (κ2) is 10.5. The number of H-pyrrole nitrogens is 2. The molecular formula is C26H10Br2F14N4. The summed E-state index contributed by atoms with van der Waals surface area (Å²) in [6.45, 7) is 0. The maximum absolute atomic E-state index is 15.3. The third-order valence-electron chi connectivity index (χ3n) is 6.75. The number of hydrogen-bond acceptors (Lipinski definition) is 2. The average Bonchev–Trinajstić information content (AvgIpc) is 3.74. The van der Waals surface area contributed by atoms with Gasteiger partial charge in [-0.3, -0.25) is 0 Å². The SMILES string of the molecule is FC(F)(F)C(F)(F)C(F)(F)c1c2nc(c(Br)c3nc(c(C(F)(F)C(F)(F)C(F)(F)F)c4ccc([nH]4)c(Br)c4ccc1[nH]4)C=C3)C=C2. The fraction of sp³-hybridized carbons (Fsp3) is 0.231. The highest BCUT2D eigenvalue weighted by Crippen LogP contribution is 2.55. The number of aromatic nitrogens is 4. The van der Waals surface area contributed by atoms with Crippen molar-refractivity contribution in [2.45, 2.75) is 36.0 Å². The van der Waals surface area contributed by atoms with Gasteiger partial charge in [-0.15, -0.1) is 0 Å². The lowest BCUT2D eigenvalue weighted by atomic mass is 10.00. The minimum absolute atomic E-state index is 0.323. The Bertz CT molecular complexity index is 1830. The van der Waals surface area contributed by atoms with Crippen molar-refractivity contribution in [3.8, 4) is 0 Å². The number of nitrogens with one attached hydrogen (secondary N) is 2. The molecule has 0 aliphatic carbocycles. The Balaban J connectivity index is 1.97. The lowest BCUT2D eigenvalue weighted by Gasteiger charge is -2.28. The molecule has 3 aromatic heterocycles. The molecule has 0 unspecified atom stereocenters. The Labute approximate surface area is 262 Å². The fourth-order valence-corrected chi connectivity index (χ4v) is 5.37. The van der Waals surface area contributed by atoms with E-state index in [0.29, 0.717) is 24.3 Å². The van der Waals surface area contributed by atoms with Crippen molar-refractivity contribution in [3.05, 3.63) is 67.1 Å². The van der Waals surface area contributed by atoms with E-state index in [4.69, 9.17) is 0 Å². The average molecular weight is 804 g/mol. The normalized spacial score (nSPS) is 14.8. The van der Waals surface area contributed by atoms with Gasteiger partial charge in [0.05, 0.1) is 64.9 Å². The van der Waals surface area contributed by atoms with Crippen LogP contribution in [0.4, 0.5) is 61.5 Å². The monoisotopic (exact) mass is 802 g/mol. The van der Waals surface area contributed by atoms with Crippen molar-refractivity contribution < 1.29 is 61.5 Å². The summed E-state index contributed by atoms with van der Waals surface area (Å²) in [5.41, 5.74) is -9.71. The molecule has 4 nitrogen and oxygen atoms in total. The van der Waals surface area contributed by atoms with Gasteiger partial charge in [0.25, 0.3) is 0 Å². The number of halogens is 16. The number of hydrogen-bond donors (Lipinski definition) is 2. The van der Waals surface area contributed by atoms with Crippen molar-refractivity contribution >= 4 is 78.2 Å². The van der Waals surface area contributed by atoms with Gasteiger partial charge in [0.1, 0.15) is 0 Å². The minimum atomic E-state index is -6.72. The molecular weight excluding hydrogens is 794 g/mol. The molecule has 8 bridgehead atoms. The van der Waals surface area contributed by atoms with Crippen molar-refractivity contribution in [2.75, 3.05) is 0 Å². The summed E-state index contributed by atoms with van der Waals surface area (Å²) < 4.78 is 197. The first-order valence-corrected chi connectivity index (χ1v) is 13.6. The molecule has 2 N–H and O–H groups in total. The maximum atomic E-state index is 15.3. The molecule has 3 aromatic rings. The van der Waals surface area contributed by atoms with Gasteiger partial charge in [-0.25, -0.2) is 9.97 Å². The molecule has 2 aliphatic heterocycles. The molecule has 0 spiro atoms. The van der Waals surface area contributed by atoms with Gasteiger partial charge in [0.2, 0.25) is 0 Å². The van der Waals surface area contributed by atoms with Crippen molar-refractivity contribution in [2.24, 2.45) is 0 Å². The maximum Gasteiger partial charge on any atom is 0.460 e. The van der Waals surface area contributed by atoms with E-state index in [1.807, 2.05) is 0 Å². The van der Waals surface area contributed by atoms with Crippen LogP contribution >= 0.6 is 31.9 Å². The van der Waals surface area contributed by atoms with Crippen LogP contribution in [0, 0.1) is 0 Å². The lowest BCUT2D eigenvalue weighted by molar-refractivity contribution is -0.359. The predicted molar refractivity (Wildman–Crippen MR) is 144 cm³/mol. The Hall–Kier alpha value is -3.42. The highest BCUT2D eigenvalue weighted by atomic mass is 79.9. The first kappa shape index (κ1) is 33.9. The Morgan fingerprint density at radius 3 is 1.07 bits per heavy atom. The zero-order valence-electron chi connectivity index (χ0n) is 21.6. The Morgan fingerprint density at radius 1 is 0.435 bits per heavy atom. The van der Waals surface area contributed by atoms with Crippen molar-refractivity contribution in [1.82, 2.24) is 19.9 Å². The first-order chi connectivity index (χ1) is 20.9. The van der Waals surface area contributed by atoms with Crippen LogP contribution in [0.15, 0.2) is 33.2 Å². The quantitative estimate of drug-likeness (QED) is 0.178. The molecule has 2 aliphatic rings. The molecule has 0 saturated heterocycles. The fourth-order valence-electron chi connectivity index (χ4n) is 4.47. The third kappa shape index (κ3) is 5.02. The molecule has 246 valence electrons. The molecule has 0 aromatic carbocycles. The summed E-state index contributed by atoms with van der Waals surface area (Å²) in [5, 5.41) is 0. The zero-order chi connectivity index (χ0) is 34.4. The highest BCUT2D eigenvalue weighted by molar-refractivity contribution is 9.11. The summed E-state index contributed by atoms with van der Waals surface area (Å²) in [6, 6.07) is 3.16. The molecule has 0 fully saturated rings. The second-order valence-electron chi connectivity index (χ2n) is 9.67. The van der Waals surface area contributed by atoms with Gasteiger partial charge in [-0.1, -0.05) is 0 Å². The first-order valence-electron chi connectivity index (χ1n) is 12.1. The van der Waals surface area contributed by atoms with Gasteiger partial charge < -0.3 is 9.97 Å². The van der Waals surface area contributed by atoms with E-state index in [9.17, 15) is 43.9 Å². The second-order valence-corrected chi connectivity index (χ2v) is 11.3. The predicted octanol–water partition coefficient (Wildman–Crippen LogP) is 10.8. The van der Waals surface area contributed by atoms with Crippen LogP contribution < -0.4 is 0 Å². The molecule has 46 heavy (non-hydrogen) atoms. The Kier molecular flexibility index (Phi) is 7.78. The summed E-state index contributed by atoms with van der Waals surface area (Å²) >= 11 is 5.86. The van der Waals surface area contributed by atoms with Crippen LogP contribution in [0.5, 0.6) is 0 Å². The molecule has 5 heterocycles. The van der Waals surface area contributed by atoms with Crippen LogP contribution in [0.1, 0.15) is 33.9 Å².